The molecular weight excluding hydrogens is 240 g/mol. The third kappa shape index (κ3) is 2.71. The standard InChI is InChI=1S/C14H20N4O/c1-2-19-12-8-7-11-14(17-12)18-13(16-11)10-6-4-3-5-9-15-10/h7-8,10,15H,2-6,9H2,1H3,(H,16,17,18). The minimum Gasteiger partial charge on any atom is -0.478 e. The van der Waals surface area contributed by atoms with Gasteiger partial charge >= 0.3 is 0 Å². The average Bonchev–Trinajstić information content (AvgIpc) is 2.65. The summed E-state index contributed by atoms with van der Waals surface area (Å²) in [4.78, 5) is 12.4. The van der Waals surface area contributed by atoms with Gasteiger partial charge in [0, 0.05) is 6.07 Å². The molecule has 0 aliphatic carbocycles. The van der Waals surface area contributed by atoms with Crippen LogP contribution in [0.25, 0.3) is 11.2 Å². The van der Waals surface area contributed by atoms with Gasteiger partial charge in [0.05, 0.1) is 18.2 Å². The Morgan fingerprint density at radius 1 is 1.26 bits per heavy atom. The molecule has 1 atom stereocenters. The van der Waals surface area contributed by atoms with Crippen LogP contribution in [0.3, 0.4) is 0 Å². The van der Waals surface area contributed by atoms with E-state index in [0.717, 1.165) is 30.0 Å². The number of hydrogen-bond donors (Lipinski definition) is 2. The van der Waals surface area contributed by atoms with Crippen molar-refractivity contribution in [3.8, 4) is 5.88 Å². The van der Waals surface area contributed by atoms with Gasteiger partial charge in [-0.2, -0.15) is 4.98 Å². The zero-order valence-electron chi connectivity index (χ0n) is 11.3. The van der Waals surface area contributed by atoms with Crippen molar-refractivity contribution < 1.29 is 4.74 Å². The summed E-state index contributed by atoms with van der Waals surface area (Å²) in [5.41, 5.74) is 1.72. The second-order valence-electron chi connectivity index (χ2n) is 4.93. The van der Waals surface area contributed by atoms with Crippen LogP contribution in [0.2, 0.25) is 0 Å². The topological polar surface area (TPSA) is 62.8 Å². The maximum absolute atomic E-state index is 5.41. The van der Waals surface area contributed by atoms with E-state index < -0.39 is 0 Å². The van der Waals surface area contributed by atoms with Crippen LogP contribution in [0.5, 0.6) is 5.88 Å². The van der Waals surface area contributed by atoms with Gasteiger partial charge in [0.25, 0.3) is 0 Å². The fourth-order valence-corrected chi connectivity index (χ4v) is 2.55. The summed E-state index contributed by atoms with van der Waals surface area (Å²) in [7, 11) is 0. The molecule has 5 nitrogen and oxygen atoms in total. The molecule has 1 aliphatic rings. The van der Waals surface area contributed by atoms with E-state index in [-0.39, 0.29) is 0 Å². The van der Waals surface area contributed by atoms with Crippen molar-refractivity contribution >= 4 is 11.2 Å². The Hall–Kier alpha value is -1.62. The third-order valence-electron chi connectivity index (χ3n) is 3.52. The van der Waals surface area contributed by atoms with E-state index in [1.807, 2.05) is 19.1 Å². The summed E-state index contributed by atoms with van der Waals surface area (Å²) in [6.45, 7) is 3.65. The molecule has 3 rings (SSSR count). The van der Waals surface area contributed by atoms with Crippen LogP contribution >= 0.6 is 0 Å². The third-order valence-corrected chi connectivity index (χ3v) is 3.52. The van der Waals surface area contributed by atoms with Gasteiger partial charge in [-0.05, 0) is 32.4 Å². The van der Waals surface area contributed by atoms with Gasteiger partial charge in [0.15, 0.2) is 5.65 Å². The van der Waals surface area contributed by atoms with Crippen molar-refractivity contribution in [3.05, 3.63) is 18.0 Å². The van der Waals surface area contributed by atoms with E-state index in [1.165, 1.54) is 19.3 Å². The number of nitrogens with one attached hydrogen (secondary N) is 2. The number of nitrogens with zero attached hydrogens (tertiary/aromatic N) is 2. The molecule has 0 saturated carbocycles. The van der Waals surface area contributed by atoms with E-state index in [4.69, 9.17) is 4.74 Å². The molecule has 1 saturated heterocycles. The summed E-state index contributed by atoms with van der Waals surface area (Å²) in [5.74, 6) is 1.64. The van der Waals surface area contributed by atoms with Gasteiger partial charge < -0.3 is 15.0 Å². The van der Waals surface area contributed by atoms with E-state index in [2.05, 4.69) is 20.3 Å². The van der Waals surface area contributed by atoms with Crippen LogP contribution in [0, 0.1) is 0 Å². The Kier molecular flexibility index (Phi) is 3.64. The fraction of sp³-hybridized carbons (Fsp3) is 0.571. The highest BCUT2D eigenvalue weighted by Gasteiger charge is 2.17. The molecule has 0 radical (unpaired) electrons. The number of fused-ring (bicyclic) bond motifs is 1. The predicted molar refractivity (Wildman–Crippen MR) is 74.3 cm³/mol. The zero-order valence-corrected chi connectivity index (χ0v) is 11.3. The minimum absolute atomic E-state index is 0.326. The van der Waals surface area contributed by atoms with E-state index >= 15 is 0 Å². The summed E-state index contributed by atoms with van der Waals surface area (Å²) in [5, 5.41) is 3.55. The summed E-state index contributed by atoms with van der Waals surface area (Å²) >= 11 is 0. The van der Waals surface area contributed by atoms with Crippen LogP contribution < -0.4 is 10.1 Å². The van der Waals surface area contributed by atoms with Crippen molar-refractivity contribution in [2.24, 2.45) is 0 Å². The highest BCUT2D eigenvalue weighted by Crippen LogP contribution is 2.23. The monoisotopic (exact) mass is 260 g/mol. The van der Waals surface area contributed by atoms with Gasteiger partial charge in [-0.25, -0.2) is 4.98 Å². The van der Waals surface area contributed by atoms with Crippen LogP contribution in [0.15, 0.2) is 12.1 Å². The highest BCUT2D eigenvalue weighted by molar-refractivity contribution is 5.71. The molecule has 3 heterocycles. The largest absolute Gasteiger partial charge is 0.478 e. The van der Waals surface area contributed by atoms with E-state index in [1.54, 1.807) is 0 Å². The number of pyridine rings is 1. The highest BCUT2D eigenvalue weighted by atomic mass is 16.5. The number of ether oxygens (including phenoxy) is 1. The van der Waals surface area contributed by atoms with Crippen molar-refractivity contribution in [1.29, 1.82) is 0 Å². The smallest absolute Gasteiger partial charge is 0.215 e. The molecule has 2 aromatic rings. The fourth-order valence-electron chi connectivity index (χ4n) is 2.55. The van der Waals surface area contributed by atoms with Gasteiger partial charge in [0.2, 0.25) is 5.88 Å². The molecule has 0 amide bonds. The molecule has 1 unspecified atom stereocenters. The van der Waals surface area contributed by atoms with Crippen molar-refractivity contribution in [2.45, 2.75) is 38.6 Å². The SMILES string of the molecule is CCOc1ccc2[nH]c(C3CCCCCN3)nc2n1. The van der Waals surface area contributed by atoms with Gasteiger partial charge in [-0.15, -0.1) is 0 Å². The second-order valence-corrected chi connectivity index (χ2v) is 4.93. The Bertz CT molecular complexity index is 543. The summed E-state index contributed by atoms with van der Waals surface area (Å²) < 4.78 is 5.41. The Morgan fingerprint density at radius 3 is 3.11 bits per heavy atom. The maximum Gasteiger partial charge on any atom is 0.215 e. The summed E-state index contributed by atoms with van der Waals surface area (Å²) in [6, 6.07) is 4.20. The molecule has 2 N–H and O–H groups in total. The molecule has 2 aromatic heterocycles. The number of H-pyrrole nitrogens is 1. The van der Waals surface area contributed by atoms with Crippen molar-refractivity contribution in [3.63, 3.8) is 0 Å². The lowest BCUT2D eigenvalue weighted by atomic mass is 10.1. The van der Waals surface area contributed by atoms with Gasteiger partial charge in [-0.1, -0.05) is 12.8 Å². The Labute approximate surface area is 112 Å². The lowest BCUT2D eigenvalue weighted by Crippen LogP contribution is -2.21. The van der Waals surface area contributed by atoms with Crippen LogP contribution in [-0.2, 0) is 0 Å². The molecule has 1 aliphatic heterocycles. The quantitative estimate of drug-likeness (QED) is 0.890. The Balaban J connectivity index is 1.87. The first-order chi connectivity index (χ1) is 9.36. The molecule has 5 heteroatoms. The first kappa shape index (κ1) is 12.4. The maximum atomic E-state index is 5.41. The lowest BCUT2D eigenvalue weighted by Gasteiger charge is -2.11. The second kappa shape index (κ2) is 5.57. The van der Waals surface area contributed by atoms with Gasteiger partial charge in [0.1, 0.15) is 5.82 Å². The molecule has 0 spiro atoms. The van der Waals surface area contributed by atoms with Crippen molar-refractivity contribution in [1.82, 2.24) is 20.3 Å². The van der Waals surface area contributed by atoms with Crippen LogP contribution in [-0.4, -0.2) is 28.1 Å². The number of rotatable bonds is 3. The minimum atomic E-state index is 0.326. The molecule has 19 heavy (non-hydrogen) atoms. The average molecular weight is 260 g/mol. The number of aromatic amines is 1. The normalized spacial score (nSPS) is 20.4. The number of hydrogen-bond acceptors (Lipinski definition) is 4. The molecule has 0 aromatic carbocycles. The molecular formula is C14H20N4O. The molecule has 0 bridgehead atoms. The first-order valence-corrected chi connectivity index (χ1v) is 7.09. The van der Waals surface area contributed by atoms with Crippen LogP contribution in [0.4, 0.5) is 0 Å². The molecule has 1 fully saturated rings. The number of aromatic nitrogens is 3. The first-order valence-electron chi connectivity index (χ1n) is 7.09. The summed E-state index contributed by atoms with van der Waals surface area (Å²) in [6.07, 6.45) is 4.95. The van der Waals surface area contributed by atoms with Crippen molar-refractivity contribution in [2.75, 3.05) is 13.2 Å². The van der Waals surface area contributed by atoms with E-state index in [9.17, 15) is 0 Å². The lowest BCUT2D eigenvalue weighted by molar-refractivity contribution is 0.328. The Morgan fingerprint density at radius 2 is 2.21 bits per heavy atom. The van der Waals surface area contributed by atoms with Gasteiger partial charge in [-0.3, -0.25) is 0 Å². The van der Waals surface area contributed by atoms with E-state index in [0.29, 0.717) is 18.5 Å². The predicted octanol–water partition coefficient (Wildman–Crippen LogP) is 2.56. The number of imidazole rings is 1. The zero-order chi connectivity index (χ0) is 13.1. The van der Waals surface area contributed by atoms with Crippen LogP contribution in [0.1, 0.15) is 44.5 Å². The molecule has 102 valence electrons.